The number of carbonyl (C=O) groups excluding carboxylic acids is 1. The van der Waals surface area contributed by atoms with Crippen molar-refractivity contribution in [2.45, 2.75) is 31.6 Å². The lowest BCUT2D eigenvalue weighted by Gasteiger charge is -2.27. The minimum atomic E-state index is -5.20. The van der Waals surface area contributed by atoms with Crippen LogP contribution in [0.2, 0.25) is 0 Å². The monoisotopic (exact) mass is 421 g/mol. The van der Waals surface area contributed by atoms with Crippen molar-refractivity contribution in [2.24, 2.45) is 0 Å². The van der Waals surface area contributed by atoms with E-state index in [0.717, 1.165) is 15.0 Å². The summed E-state index contributed by atoms with van der Waals surface area (Å²) in [5.74, 6) is -1.62. The molecule has 12 heteroatoms. The topological polar surface area (TPSA) is 81.5 Å². The Kier molecular flexibility index (Phi) is 5.33. The van der Waals surface area contributed by atoms with Gasteiger partial charge in [-0.2, -0.15) is 21.6 Å². The number of hydrogen-bond acceptors (Lipinski definition) is 5. The summed E-state index contributed by atoms with van der Waals surface area (Å²) in [6, 6.07) is 8.81. The highest BCUT2D eigenvalue weighted by Gasteiger charge is 2.41. The van der Waals surface area contributed by atoms with Gasteiger partial charge in [0.25, 0.3) is 0 Å². The standard InChI is InChI=1S/C16H15F4N3O4S/c17-16(18,19)14-12(10-28(20,25)26)23-7-6-22(8-13(23)21-14)15(24)27-9-11-4-2-1-3-5-11/h1-5H,6-10H2. The van der Waals surface area contributed by atoms with Crippen LogP contribution in [0.4, 0.5) is 21.9 Å². The second-order valence-corrected chi connectivity index (χ2v) is 7.48. The predicted molar refractivity (Wildman–Crippen MR) is 88.0 cm³/mol. The third-order valence-corrected chi connectivity index (χ3v) is 4.74. The molecule has 3 rings (SSSR count). The average Bonchev–Trinajstić information content (AvgIpc) is 2.97. The Morgan fingerprint density at radius 2 is 1.86 bits per heavy atom. The van der Waals surface area contributed by atoms with Crippen LogP contribution in [0.3, 0.4) is 0 Å². The molecule has 1 amide bonds. The maximum absolute atomic E-state index is 13.2. The van der Waals surface area contributed by atoms with Crippen LogP contribution in [-0.4, -0.2) is 35.5 Å². The Morgan fingerprint density at radius 1 is 1.18 bits per heavy atom. The fraction of sp³-hybridized carbons (Fsp3) is 0.375. The summed E-state index contributed by atoms with van der Waals surface area (Å²) in [6.07, 6.45) is -5.70. The van der Waals surface area contributed by atoms with Crippen molar-refractivity contribution in [3.05, 3.63) is 53.1 Å². The number of halogens is 4. The molecule has 0 radical (unpaired) electrons. The quantitative estimate of drug-likeness (QED) is 0.560. The molecule has 0 saturated carbocycles. The number of fused-ring (bicyclic) bond motifs is 1. The smallest absolute Gasteiger partial charge is 0.435 e. The Balaban J connectivity index is 1.78. The Bertz CT molecular complexity index is 974. The van der Waals surface area contributed by atoms with Gasteiger partial charge in [-0.05, 0) is 5.56 Å². The molecule has 0 N–H and O–H groups in total. The first-order valence-electron chi connectivity index (χ1n) is 8.08. The number of amides is 1. The minimum Gasteiger partial charge on any atom is -0.445 e. The molecule has 2 aromatic rings. The fourth-order valence-electron chi connectivity index (χ4n) is 2.90. The second kappa shape index (κ2) is 7.41. The van der Waals surface area contributed by atoms with Gasteiger partial charge in [-0.25, -0.2) is 9.78 Å². The largest absolute Gasteiger partial charge is 0.445 e. The average molecular weight is 421 g/mol. The molecule has 152 valence electrons. The predicted octanol–water partition coefficient (Wildman–Crippen LogP) is 2.85. The molecule has 0 fully saturated rings. The van der Waals surface area contributed by atoms with E-state index >= 15 is 0 Å². The van der Waals surface area contributed by atoms with Crippen molar-refractivity contribution in [1.29, 1.82) is 0 Å². The van der Waals surface area contributed by atoms with Gasteiger partial charge in [0.1, 0.15) is 18.2 Å². The van der Waals surface area contributed by atoms with E-state index in [0.29, 0.717) is 0 Å². The summed E-state index contributed by atoms with van der Waals surface area (Å²) >= 11 is 0. The van der Waals surface area contributed by atoms with Crippen molar-refractivity contribution < 1.29 is 35.0 Å². The third kappa shape index (κ3) is 4.61. The molecule has 1 aliphatic rings. The molecular weight excluding hydrogens is 406 g/mol. The SMILES string of the molecule is O=C(OCc1ccccc1)N1CCn2c(nc(C(F)(F)F)c2CS(=O)(=O)F)C1. The van der Waals surface area contributed by atoms with Crippen molar-refractivity contribution in [2.75, 3.05) is 6.54 Å². The number of alkyl halides is 3. The molecule has 2 heterocycles. The molecule has 1 aliphatic heterocycles. The molecule has 0 aliphatic carbocycles. The molecule has 1 aromatic carbocycles. The van der Waals surface area contributed by atoms with Crippen LogP contribution < -0.4 is 0 Å². The molecule has 0 saturated heterocycles. The summed E-state index contributed by atoms with van der Waals surface area (Å²) in [5.41, 5.74) is -1.50. The van der Waals surface area contributed by atoms with E-state index in [1.165, 1.54) is 0 Å². The van der Waals surface area contributed by atoms with Gasteiger partial charge in [-0.3, -0.25) is 4.90 Å². The van der Waals surface area contributed by atoms with Gasteiger partial charge in [-0.15, -0.1) is 3.89 Å². The zero-order chi connectivity index (χ0) is 20.5. The Labute approximate surface area is 157 Å². The van der Waals surface area contributed by atoms with Crippen molar-refractivity contribution in [3.63, 3.8) is 0 Å². The van der Waals surface area contributed by atoms with Gasteiger partial charge >= 0.3 is 22.5 Å². The van der Waals surface area contributed by atoms with Crippen LogP contribution in [0, 0.1) is 0 Å². The molecule has 0 bridgehead atoms. The highest BCUT2D eigenvalue weighted by atomic mass is 32.3. The number of imidazole rings is 1. The van der Waals surface area contributed by atoms with Gasteiger partial charge in [0.05, 0.1) is 12.2 Å². The Hall–Kier alpha value is -2.63. The van der Waals surface area contributed by atoms with Crippen LogP contribution in [0.5, 0.6) is 0 Å². The fourth-order valence-corrected chi connectivity index (χ4v) is 3.51. The number of ether oxygens (including phenoxy) is 1. The van der Waals surface area contributed by atoms with Gasteiger partial charge in [0, 0.05) is 13.1 Å². The first-order valence-corrected chi connectivity index (χ1v) is 9.63. The molecule has 0 atom stereocenters. The van der Waals surface area contributed by atoms with E-state index in [4.69, 9.17) is 4.74 Å². The molecule has 28 heavy (non-hydrogen) atoms. The van der Waals surface area contributed by atoms with Crippen LogP contribution in [0.25, 0.3) is 0 Å². The summed E-state index contributed by atoms with van der Waals surface area (Å²) in [6.45, 7) is -0.524. The molecule has 0 spiro atoms. The van der Waals surface area contributed by atoms with E-state index in [2.05, 4.69) is 4.98 Å². The second-order valence-electron chi connectivity index (χ2n) is 6.12. The van der Waals surface area contributed by atoms with Crippen molar-refractivity contribution in [3.8, 4) is 0 Å². The summed E-state index contributed by atoms with van der Waals surface area (Å²) < 4.78 is 80.5. The summed E-state index contributed by atoms with van der Waals surface area (Å²) in [5, 5.41) is 0. The number of aromatic nitrogens is 2. The number of hydrogen-bond donors (Lipinski definition) is 0. The van der Waals surface area contributed by atoms with Crippen LogP contribution in [0.15, 0.2) is 30.3 Å². The van der Waals surface area contributed by atoms with E-state index in [9.17, 15) is 30.3 Å². The zero-order valence-electron chi connectivity index (χ0n) is 14.3. The van der Waals surface area contributed by atoms with Crippen molar-refractivity contribution in [1.82, 2.24) is 14.5 Å². The van der Waals surface area contributed by atoms with Gasteiger partial charge in [0.15, 0.2) is 5.69 Å². The van der Waals surface area contributed by atoms with Crippen molar-refractivity contribution >= 4 is 16.3 Å². The number of nitrogens with zero attached hydrogens (tertiary/aromatic N) is 3. The lowest BCUT2D eigenvalue weighted by Crippen LogP contribution is -2.39. The van der Waals surface area contributed by atoms with E-state index in [1.54, 1.807) is 30.3 Å². The summed E-state index contributed by atoms with van der Waals surface area (Å²) in [4.78, 5) is 16.8. The highest BCUT2D eigenvalue weighted by molar-refractivity contribution is 7.85. The zero-order valence-corrected chi connectivity index (χ0v) is 15.1. The van der Waals surface area contributed by atoms with E-state index in [-0.39, 0.29) is 32.1 Å². The lowest BCUT2D eigenvalue weighted by molar-refractivity contribution is -0.141. The minimum absolute atomic E-state index is 0.0102. The van der Waals surface area contributed by atoms with Crippen LogP contribution >= 0.6 is 0 Å². The maximum atomic E-state index is 13.2. The first kappa shape index (κ1) is 20.1. The number of carbonyl (C=O) groups is 1. The molecule has 0 unspecified atom stereocenters. The highest BCUT2D eigenvalue weighted by Crippen LogP contribution is 2.34. The molecule has 1 aromatic heterocycles. The van der Waals surface area contributed by atoms with Gasteiger partial charge < -0.3 is 9.30 Å². The first-order chi connectivity index (χ1) is 13.0. The van der Waals surface area contributed by atoms with Crippen LogP contribution in [-0.2, 0) is 46.6 Å². The summed E-state index contributed by atoms with van der Waals surface area (Å²) in [7, 11) is -5.20. The number of rotatable bonds is 4. The van der Waals surface area contributed by atoms with E-state index in [1.807, 2.05) is 0 Å². The lowest BCUT2D eigenvalue weighted by atomic mass is 10.2. The van der Waals surface area contributed by atoms with Gasteiger partial charge in [0.2, 0.25) is 0 Å². The van der Waals surface area contributed by atoms with Gasteiger partial charge in [-0.1, -0.05) is 30.3 Å². The number of benzene rings is 1. The molecular formula is C16H15F4N3O4S. The Morgan fingerprint density at radius 3 is 2.46 bits per heavy atom. The maximum Gasteiger partial charge on any atom is 0.435 e. The molecule has 7 nitrogen and oxygen atoms in total. The third-order valence-electron chi connectivity index (χ3n) is 4.12. The normalized spacial score (nSPS) is 14.6. The van der Waals surface area contributed by atoms with Crippen LogP contribution in [0.1, 0.15) is 22.8 Å². The van der Waals surface area contributed by atoms with E-state index < -0.39 is 39.6 Å².